The molecule has 1 saturated carbocycles. The van der Waals surface area contributed by atoms with E-state index < -0.39 is 0 Å². The van der Waals surface area contributed by atoms with Gasteiger partial charge < -0.3 is 10.1 Å². The summed E-state index contributed by atoms with van der Waals surface area (Å²) in [4.78, 5) is 4.66. The Morgan fingerprint density at radius 2 is 2.18 bits per heavy atom. The van der Waals surface area contributed by atoms with Crippen molar-refractivity contribution in [2.24, 2.45) is 5.73 Å². The molecule has 3 nitrogen and oxygen atoms in total. The summed E-state index contributed by atoms with van der Waals surface area (Å²) >= 11 is 0. The van der Waals surface area contributed by atoms with Crippen molar-refractivity contribution in [3.05, 3.63) is 35.3 Å². The first-order valence-electron chi connectivity index (χ1n) is 6.31. The molecule has 2 heterocycles. The molecule has 17 heavy (non-hydrogen) atoms. The number of pyridine rings is 1. The molecule has 0 aromatic carbocycles. The van der Waals surface area contributed by atoms with Gasteiger partial charge in [0.1, 0.15) is 5.65 Å². The van der Waals surface area contributed by atoms with E-state index in [2.05, 4.69) is 41.6 Å². The molecule has 0 unspecified atom stereocenters. The molecule has 2 aromatic heterocycles. The number of aromatic nitrogens is 2. The van der Waals surface area contributed by atoms with Crippen LogP contribution in [-0.2, 0) is 6.42 Å². The van der Waals surface area contributed by atoms with Crippen LogP contribution in [0, 0.1) is 13.8 Å². The summed E-state index contributed by atoms with van der Waals surface area (Å²) in [5, 5.41) is 0. The number of fused-ring (bicyclic) bond motifs is 1. The first kappa shape index (κ1) is 10.8. The smallest absolute Gasteiger partial charge is 0.140 e. The zero-order valence-corrected chi connectivity index (χ0v) is 10.5. The third kappa shape index (κ3) is 1.84. The van der Waals surface area contributed by atoms with Gasteiger partial charge >= 0.3 is 0 Å². The van der Waals surface area contributed by atoms with Gasteiger partial charge in [0.2, 0.25) is 0 Å². The Morgan fingerprint density at radius 1 is 1.41 bits per heavy atom. The summed E-state index contributed by atoms with van der Waals surface area (Å²) in [6, 6.07) is 4.28. The zero-order chi connectivity index (χ0) is 12.0. The van der Waals surface area contributed by atoms with E-state index in [0.29, 0.717) is 0 Å². The molecule has 1 aliphatic rings. The molecular weight excluding hydrogens is 210 g/mol. The van der Waals surface area contributed by atoms with E-state index >= 15 is 0 Å². The molecule has 1 aliphatic carbocycles. The number of hydrogen-bond acceptors (Lipinski definition) is 2. The minimum absolute atomic E-state index is 0.128. The molecule has 0 saturated heterocycles. The lowest BCUT2D eigenvalue weighted by Crippen LogP contribution is -2.22. The quantitative estimate of drug-likeness (QED) is 0.878. The maximum atomic E-state index is 6.15. The van der Waals surface area contributed by atoms with Crippen LogP contribution >= 0.6 is 0 Å². The summed E-state index contributed by atoms with van der Waals surface area (Å²) in [6.07, 6.45) is 6.57. The van der Waals surface area contributed by atoms with Crippen LogP contribution in [0.3, 0.4) is 0 Å². The van der Waals surface area contributed by atoms with Gasteiger partial charge in [0, 0.05) is 17.4 Å². The fourth-order valence-electron chi connectivity index (χ4n) is 2.34. The Morgan fingerprint density at radius 3 is 2.88 bits per heavy atom. The molecular formula is C14H19N3. The highest BCUT2D eigenvalue weighted by molar-refractivity contribution is 5.51. The first-order valence-corrected chi connectivity index (χ1v) is 6.31. The van der Waals surface area contributed by atoms with Crippen LogP contribution in [0.15, 0.2) is 18.3 Å². The lowest BCUT2D eigenvalue weighted by atomic mass is 10.1. The van der Waals surface area contributed by atoms with Crippen LogP contribution in [0.25, 0.3) is 5.65 Å². The number of rotatable bonds is 3. The molecule has 0 bridgehead atoms. The van der Waals surface area contributed by atoms with Crippen LogP contribution in [0.5, 0.6) is 0 Å². The number of aryl methyl sites for hydroxylation is 3. The molecule has 3 rings (SSSR count). The minimum atomic E-state index is 0.128. The van der Waals surface area contributed by atoms with Gasteiger partial charge in [-0.05, 0) is 51.2 Å². The Labute approximate surface area is 102 Å². The summed E-state index contributed by atoms with van der Waals surface area (Å²) in [5.41, 5.74) is 11.0. The molecule has 0 amide bonds. The highest BCUT2D eigenvalue weighted by atomic mass is 15.0. The van der Waals surface area contributed by atoms with Crippen molar-refractivity contribution in [2.45, 2.75) is 45.1 Å². The second-order valence-electron chi connectivity index (χ2n) is 5.37. The average Bonchev–Trinajstić information content (AvgIpc) is 2.98. The summed E-state index contributed by atoms with van der Waals surface area (Å²) in [5.74, 6) is 0. The number of nitrogens with zero attached hydrogens (tertiary/aromatic N) is 2. The summed E-state index contributed by atoms with van der Waals surface area (Å²) in [7, 11) is 0. The lowest BCUT2D eigenvalue weighted by molar-refractivity contribution is 0.609. The van der Waals surface area contributed by atoms with E-state index in [1.807, 2.05) is 0 Å². The molecule has 2 N–H and O–H groups in total. The number of hydrogen-bond donors (Lipinski definition) is 1. The van der Waals surface area contributed by atoms with Crippen molar-refractivity contribution < 1.29 is 0 Å². The third-order valence-electron chi connectivity index (χ3n) is 3.99. The van der Waals surface area contributed by atoms with Gasteiger partial charge in [0.05, 0.1) is 5.69 Å². The predicted molar refractivity (Wildman–Crippen MR) is 69.1 cm³/mol. The van der Waals surface area contributed by atoms with E-state index in [1.165, 1.54) is 24.1 Å². The topological polar surface area (TPSA) is 43.3 Å². The minimum Gasteiger partial charge on any atom is -0.325 e. The fraction of sp³-hybridized carbons (Fsp3) is 0.500. The highest BCUT2D eigenvalue weighted by Gasteiger charge is 2.37. The largest absolute Gasteiger partial charge is 0.325 e. The molecule has 0 atom stereocenters. The van der Waals surface area contributed by atoms with Gasteiger partial charge in [0.25, 0.3) is 0 Å². The van der Waals surface area contributed by atoms with E-state index in [0.717, 1.165) is 24.2 Å². The van der Waals surface area contributed by atoms with Crippen molar-refractivity contribution in [3.63, 3.8) is 0 Å². The highest BCUT2D eigenvalue weighted by Crippen LogP contribution is 2.36. The van der Waals surface area contributed by atoms with Crippen LogP contribution in [-0.4, -0.2) is 14.9 Å². The van der Waals surface area contributed by atoms with Gasteiger partial charge in [0.15, 0.2) is 0 Å². The second-order valence-corrected chi connectivity index (χ2v) is 5.37. The number of nitrogens with two attached hydrogens (primary N) is 1. The molecule has 1 fully saturated rings. The summed E-state index contributed by atoms with van der Waals surface area (Å²) < 4.78 is 2.18. The summed E-state index contributed by atoms with van der Waals surface area (Å²) in [6.45, 7) is 4.18. The second kappa shape index (κ2) is 3.57. The van der Waals surface area contributed by atoms with Gasteiger partial charge in [-0.3, -0.25) is 0 Å². The monoisotopic (exact) mass is 229 g/mol. The van der Waals surface area contributed by atoms with Crippen molar-refractivity contribution in [1.82, 2.24) is 9.38 Å². The van der Waals surface area contributed by atoms with E-state index in [-0.39, 0.29) is 5.54 Å². The van der Waals surface area contributed by atoms with E-state index in [1.54, 1.807) is 0 Å². The van der Waals surface area contributed by atoms with Crippen molar-refractivity contribution in [2.75, 3.05) is 0 Å². The first-order chi connectivity index (χ1) is 8.09. The SMILES string of the molecule is Cc1nc2c(CCC3(N)CC3)cccn2c1C. The van der Waals surface area contributed by atoms with Crippen LogP contribution in [0.1, 0.15) is 36.2 Å². The molecule has 0 radical (unpaired) electrons. The normalized spacial score (nSPS) is 17.6. The maximum absolute atomic E-state index is 6.15. The van der Waals surface area contributed by atoms with Gasteiger partial charge in [-0.25, -0.2) is 4.98 Å². The van der Waals surface area contributed by atoms with E-state index in [4.69, 9.17) is 5.73 Å². The zero-order valence-electron chi connectivity index (χ0n) is 10.5. The Kier molecular flexibility index (Phi) is 2.26. The van der Waals surface area contributed by atoms with Crippen molar-refractivity contribution >= 4 is 5.65 Å². The van der Waals surface area contributed by atoms with Gasteiger partial charge in [-0.15, -0.1) is 0 Å². The Balaban J connectivity index is 1.95. The molecule has 90 valence electrons. The standard InChI is InChI=1S/C14H19N3/c1-10-11(2)17-9-3-4-12(13(17)16-10)5-6-14(15)7-8-14/h3-4,9H,5-8,15H2,1-2H3. The fourth-order valence-corrected chi connectivity index (χ4v) is 2.34. The van der Waals surface area contributed by atoms with Crippen LogP contribution in [0.4, 0.5) is 0 Å². The maximum Gasteiger partial charge on any atom is 0.140 e. The average molecular weight is 229 g/mol. The van der Waals surface area contributed by atoms with Crippen molar-refractivity contribution in [3.8, 4) is 0 Å². The Bertz CT molecular complexity index is 564. The number of imidazole rings is 1. The van der Waals surface area contributed by atoms with Crippen LogP contribution < -0.4 is 5.73 Å². The van der Waals surface area contributed by atoms with Crippen molar-refractivity contribution in [1.29, 1.82) is 0 Å². The van der Waals surface area contributed by atoms with Gasteiger partial charge in [-0.1, -0.05) is 6.07 Å². The molecule has 0 spiro atoms. The van der Waals surface area contributed by atoms with Crippen LogP contribution in [0.2, 0.25) is 0 Å². The Hall–Kier alpha value is -1.35. The van der Waals surface area contributed by atoms with Gasteiger partial charge in [-0.2, -0.15) is 0 Å². The molecule has 3 heteroatoms. The molecule has 0 aliphatic heterocycles. The third-order valence-corrected chi connectivity index (χ3v) is 3.99. The van der Waals surface area contributed by atoms with E-state index in [9.17, 15) is 0 Å². The molecule has 2 aromatic rings. The predicted octanol–water partition coefficient (Wildman–Crippen LogP) is 2.38. The lowest BCUT2D eigenvalue weighted by Gasteiger charge is -2.09.